The third kappa shape index (κ3) is 1.31. The lowest BCUT2D eigenvalue weighted by Crippen LogP contribution is -2.20. The van der Waals surface area contributed by atoms with Crippen molar-refractivity contribution in [3.05, 3.63) is 11.5 Å². The van der Waals surface area contributed by atoms with E-state index in [0.717, 1.165) is 0 Å². The molecule has 2 atom stereocenters. The highest BCUT2D eigenvalue weighted by atomic mass is 15.4. The molecule has 0 aromatic carbocycles. The summed E-state index contributed by atoms with van der Waals surface area (Å²) in [5, 5.41) is 21.5. The lowest BCUT2D eigenvalue weighted by atomic mass is 10.6. The first-order valence-electron chi connectivity index (χ1n) is 3.26. The lowest BCUT2D eigenvalue weighted by molar-refractivity contribution is 0.757. The lowest BCUT2D eigenvalue weighted by Gasteiger charge is -1.88. The molecular weight excluding hydrogens is 156 g/mol. The van der Waals surface area contributed by atoms with Crippen LogP contribution in [0.5, 0.6) is 0 Å². The predicted molar refractivity (Wildman–Crippen MR) is 38.6 cm³/mol. The van der Waals surface area contributed by atoms with Gasteiger partial charge < -0.3 is 10.6 Å². The molecule has 12 heavy (non-hydrogen) atoms. The summed E-state index contributed by atoms with van der Waals surface area (Å²) >= 11 is 0. The highest BCUT2D eigenvalue weighted by Gasteiger charge is 2.53. The molecule has 0 heterocycles. The van der Waals surface area contributed by atoms with Crippen LogP contribution in [0.1, 0.15) is 0 Å². The Hall–Kier alpha value is -2.13. The third-order valence-corrected chi connectivity index (χ3v) is 1.70. The van der Waals surface area contributed by atoms with Crippen LogP contribution >= 0.6 is 0 Å². The van der Waals surface area contributed by atoms with Crippen LogP contribution in [0.15, 0.2) is 0 Å². The van der Waals surface area contributed by atoms with Gasteiger partial charge in [0.15, 0.2) is 12.4 Å². The average molecular weight is 162 g/mol. The fraction of sp³-hybridized carbons (Fsp3) is 0.500. The van der Waals surface area contributed by atoms with Gasteiger partial charge in [-0.2, -0.15) is 22.0 Å². The summed E-state index contributed by atoms with van der Waals surface area (Å²) in [6.07, 6.45) is 3.53. The van der Waals surface area contributed by atoms with Crippen LogP contribution < -0.4 is 16.1 Å². The molecule has 6 nitrogen and oxygen atoms in total. The number of hydrogen-bond donors (Lipinski definition) is 3. The minimum absolute atomic E-state index is 0.149. The first-order valence-corrected chi connectivity index (χ1v) is 3.26. The van der Waals surface area contributed by atoms with Gasteiger partial charge in [0.1, 0.15) is 6.04 Å². The zero-order valence-corrected chi connectivity index (χ0v) is 6.07. The number of rotatable bonds is 3. The second-order valence-corrected chi connectivity index (χ2v) is 2.33. The molecule has 3 N–H and O–H groups in total. The second-order valence-electron chi connectivity index (χ2n) is 2.33. The molecular formula is C6H6N6. The van der Waals surface area contributed by atoms with Gasteiger partial charge in [0, 0.05) is 0 Å². The Kier molecular flexibility index (Phi) is 2.20. The molecule has 1 saturated carbocycles. The van der Waals surface area contributed by atoms with E-state index < -0.39 is 0 Å². The number of hydrogen-bond acceptors (Lipinski definition) is 5. The summed E-state index contributed by atoms with van der Waals surface area (Å²) in [4.78, 5) is 2.96. The van der Waals surface area contributed by atoms with Gasteiger partial charge in [-0.15, -0.1) is 5.43 Å². The first-order chi connectivity index (χ1) is 5.85. The molecule has 0 aromatic rings. The third-order valence-electron chi connectivity index (χ3n) is 1.70. The van der Waals surface area contributed by atoms with E-state index in [2.05, 4.69) is 21.0 Å². The van der Waals surface area contributed by atoms with Crippen molar-refractivity contribution in [2.24, 2.45) is 0 Å². The molecule has 60 valence electrons. The number of nitrogens with zero attached hydrogens (tertiary/aromatic N) is 3. The van der Waals surface area contributed by atoms with Crippen molar-refractivity contribution in [3.8, 4) is 12.4 Å². The molecule has 0 bridgehead atoms. The van der Waals surface area contributed by atoms with Gasteiger partial charge in [-0.25, -0.2) is 0 Å². The second kappa shape index (κ2) is 3.32. The van der Waals surface area contributed by atoms with Crippen molar-refractivity contribution in [3.63, 3.8) is 0 Å². The molecule has 6 heteroatoms. The van der Waals surface area contributed by atoms with Gasteiger partial charge in [0.05, 0.1) is 12.1 Å². The van der Waals surface area contributed by atoms with Crippen molar-refractivity contribution in [2.75, 3.05) is 0 Å². The maximum atomic E-state index is 8.27. The summed E-state index contributed by atoms with van der Waals surface area (Å²) < 4.78 is 0. The zero-order valence-electron chi connectivity index (χ0n) is 6.07. The topological polar surface area (TPSA) is 88.0 Å². The Morgan fingerprint density at radius 1 is 1.08 bits per heavy atom. The maximum Gasteiger partial charge on any atom is 0.176 e. The fourth-order valence-electron chi connectivity index (χ4n) is 1.05. The largest absolute Gasteiger partial charge is 0.316 e. The van der Waals surface area contributed by atoms with Crippen LogP contribution in [-0.2, 0) is 0 Å². The van der Waals surface area contributed by atoms with E-state index in [4.69, 9.17) is 17.1 Å². The average Bonchev–Trinajstić information content (AvgIpc) is 2.67. The quantitative estimate of drug-likeness (QED) is 0.207. The Morgan fingerprint density at radius 2 is 1.58 bits per heavy atom. The number of nitriles is 2. The highest BCUT2D eigenvalue weighted by molar-refractivity contribution is 5.18. The molecule has 0 saturated heterocycles. The minimum atomic E-state index is -0.151. The van der Waals surface area contributed by atoms with Crippen LogP contribution in [0.25, 0.3) is 4.95 Å². The standard InChI is InChI=1S/C6H6N6/c1-9-12-6-4(10-2-7)5(6)11-3-8/h4-6,10-12H. The van der Waals surface area contributed by atoms with Gasteiger partial charge in [0.25, 0.3) is 0 Å². The van der Waals surface area contributed by atoms with Crippen molar-refractivity contribution >= 4 is 0 Å². The van der Waals surface area contributed by atoms with Gasteiger partial charge in [-0.3, -0.25) is 0 Å². The summed E-state index contributed by atoms with van der Waals surface area (Å²) in [5.74, 6) is 0. The van der Waals surface area contributed by atoms with Gasteiger partial charge >= 0.3 is 0 Å². The zero-order chi connectivity index (χ0) is 8.97. The highest BCUT2D eigenvalue weighted by Crippen LogP contribution is 2.21. The van der Waals surface area contributed by atoms with Crippen molar-refractivity contribution in [1.29, 1.82) is 10.5 Å². The monoisotopic (exact) mass is 162 g/mol. The van der Waals surface area contributed by atoms with Gasteiger partial charge in [-0.05, 0) is 0 Å². The molecule has 1 fully saturated rings. The van der Waals surface area contributed by atoms with Crippen molar-refractivity contribution < 1.29 is 0 Å². The Labute approximate surface area is 69.6 Å². The maximum absolute atomic E-state index is 8.27. The molecule has 0 amide bonds. The Balaban J connectivity index is 2.41. The van der Waals surface area contributed by atoms with Crippen LogP contribution in [0.2, 0.25) is 0 Å². The molecule has 0 aliphatic heterocycles. The molecule has 1 rings (SSSR count). The number of nitrogens with one attached hydrogen (secondary N) is 3. The Morgan fingerprint density at radius 3 is 1.92 bits per heavy atom. The summed E-state index contributed by atoms with van der Waals surface area (Å²) in [5.41, 5.74) is 2.45. The first kappa shape index (κ1) is 7.97. The molecule has 0 radical (unpaired) electrons. The van der Waals surface area contributed by atoms with E-state index in [9.17, 15) is 0 Å². The molecule has 1 aliphatic carbocycles. The minimum Gasteiger partial charge on any atom is -0.316 e. The van der Waals surface area contributed by atoms with E-state index in [-0.39, 0.29) is 18.1 Å². The SMILES string of the molecule is [C-]#[N+]NC1C(NC#N)C1NC#N. The van der Waals surface area contributed by atoms with E-state index in [1.165, 1.54) is 0 Å². The van der Waals surface area contributed by atoms with Crippen LogP contribution in [0.4, 0.5) is 0 Å². The fourth-order valence-corrected chi connectivity index (χ4v) is 1.05. The summed E-state index contributed by atoms with van der Waals surface area (Å²) in [6, 6.07) is -0.450. The van der Waals surface area contributed by atoms with Crippen molar-refractivity contribution in [1.82, 2.24) is 16.1 Å². The van der Waals surface area contributed by atoms with E-state index in [0.29, 0.717) is 0 Å². The van der Waals surface area contributed by atoms with E-state index in [1.807, 2.05) is 0 Å². The normalized spacial score (nSPS) is 30.2. The van der Waals surface area contributed by atoms with Gasteiger partial charge in [0.2, 0.25) is 0 Å². The van der Waals surface area contributed by atoms with Gasteiger partial charge in [-0.1, -0.05) is 0 Å². The van der Waals surface area contributed by atoms with E-state index in [1.54, 1.807) is 12.4 Å². The molecule has 1 aliphatic rings. The summed E-state index contributed by atoms with van der Waals surface area (Å²) in [6.45, 7) is 6.51. The molecule has 0 aromatic heterocycles. The van der Waals surface area contributed by atoms with Crippen molar-refractivity contribution in [2.45, 2.75) is 18.1 Å². The smallest absolute Gasteiger partial charge is 0.176 e. The Bertz CT molecular complexity index is 224. The molecule has 2 unspecified atom stereocenters. The summed E-state index contributed by atoms with van der Waals surface area (Å²) in [7, 11) is 0. The van der Waals surface area contributed by atoms with Crippen LogP contribution in [-0.4, -0.2) is 18.1 Å². The van der Waals surface area contributed by atoms with Crippen LogP contribution in [0.3, 0.4) is 0 Å². The van der Waals surface area contributed by atoms with E-state index >= 15 is 0 Å². The van der Waals surface area contributed by atoms with Crippen LogP contribution in [0, 0.1) is 29.5 Å². The molecule has 0 spiro atoms. The predicted octanol–water partition coefficient (Wildman–Crippen LogP) is -1.33.